The van der Waals surface area contributed by atoms with Crippen LogP contribution in [0.3, 0.4) is 0 Å². The van der Waals surface area contributed by atoms with E-state index < -0.39 is 11.6 Å². The van der Waals surface area contributed by atoms with Crippen LogP contribution < -0.4 is 5.32 Å². The van der Waals surface area contributed by atoms with Gasteiger partial charge in [-0.2, -0.15) is 5.26 Å². The maximum atomic E-state index is 14.1. The lowest BCUT2D eigenvalue weighted by atomic mass is 9.96. The molecule has 0 radical (unpaired) electrons. The quantitative estimate of drug-likeness (QED) is 0.396. The largest absolute Gasteiger partial charge is 0.387 e. The smallest absolute Gasteiger partial charge is 0.208 e. The molecule has 0 spiro atoms. The minimum absolute atomic E-state index is 0.0227. The molecule has 0 saturated carbocycles. The van der Waals surface area contributed by atoms with Crippen molar-refractivity contribution in [1.29, 1.82) is 5.26 Å². The van der Waals surface area contributed by atoms with Crippen molar-refractivity contribution in [3.63, 3.8) is 0 Å². The first-order valence-electron chi connectivity index (χ1n) is 7.09. The number of halogens is 2. The van der Waals surface area contributed by atoms with Crippen LogP contribution >= 0.6 is 11.6 Å². The van der Waals surface area contributed by atoms with Gasteiger partial charge in [0.25, 0.3) is 0 Å². The molecule has 3 nitrogen and oxygen atoms in total. The molecule has 0 amide bonds. The highest BCUT2D eigenvalue weighted by Crippen LogP contribution is 2.25. The van der Waals surface area contributed by atoms with E-state index in [4.69, 9.17) is 11.6 Å². The summed E-state index contributed by atoms with van der Waals surface area (Å²) in [4.78, 5) is 12.5. The van der Waals surface area contributed by atoms with Crippen LogP contribution in [-0.2, 0) is 6.42 Å². The number of allylic oxidation sites excluding steroid dienone is 3. The van der Waals surface area contributed by atoms with Crippen LogP contribution in [0.25, 0.3) is 0 Å². The molecule has 22 heavy (non-hydrogen) atoms. The molecule has 1 saturated heterocycles. The van der Waals surface area contributed by atoms with Gasteiger partial charge in [0, 0.05) is 17.3 Å². The van der Waals surface area contributed by atoms with Crippen molar-refractivity contribution in [1.82, 2.24) is 5.32 Å². The van der Waals surface area contributed by atoms with Gasteiger partial charge < -0.3 is 5.32 Å². The van der Waals surface area contributed by atoms with Crippen molar-refractivity contribution in [2.24, 2.45) is 0 Å². The van der Waals surface area contributed by atoms with Gasteiger partial charge in [-0.1, -0.05) is 17.7 Å². The fraction of sp³-hybridized carbons (Fsp3) is 0.294. The second-order valence-corrected chi connectivity index (χ2v) is 5.50. The highest BCUT2D eigenvalue weighted by Gasteiger charge is 2.22. The average Bonchev–Trinajstić information content (AvgIpc) is 2.52. The number of rotatable bonds is 4. The molecule has 1 aromatic rings. The maximum Gasteiger partial charge on any atom is 0.208 e. The molecule has 1 aliphatic rings. The molecule has 114 valence electrons. The third-order valence-electron chi connectivity index (χ3n) is 3.58. The van der Waals surface area contributed by atoms with E-state index in [1.807, 2.05) is 6.07 Å². The first-order chi connectivity index (χ1) is 10.6. The van der Waals surface area contributed by atoms with Gasteiger partial charge in [-0.3, -0.25) is 4.79 Å². The summed E-state index contributed by atoms with van der Waals surface area (Å²) in [5, 5.41) is 12.6. The molecule has 0 unspecified atom stereocenters. The Labute approximate surface area is 134 Å². The van der Waals surface area contributed by atoms with Gasteiger partial charge in [0.05, 0.1) is 5.56 Å². The molecule has 2 rings (SSSR count). The molecule has 1 heterocycles. The van der Waals surface area contributed by atoms with Crippen LogP contribution in [0.1, 0.15) is 35.2 Å². The van der Waals surface area contributed by atoms with Gasteiger partial charge in [0.2, 0.25) is 5.78 Å². The summed E-state index contributed by atoms with van der Waals surface area (Å²) < 4.78 is 14.1. The SMILES string of the molecule is C=CCc1cc(C(=O)C(C#N)=C2CCCCN2)c(F)cc1Cl. The monoisotopic (exact) mass is 318 g/mol. The zero-order valence-electron chi connectivity index (χ0n) is 12.1. The Kier molecular flexibility index (Phi) is 5.35. The summed E-state index contributed by atoms with van der Waals surface area (Å²) in [6, 6.07) is 4.43. The van der Waals surface area contributed by atoms with Crippen molar-refractivity contribution in [3.05, 3.63) is 58.0 Å². The normalized spacial score (nSPS) is 16.4. The Bertz CT molecular complexity index is 681. The predicted octanol–water partition coefficient (Wildman–Crippen LogP) is 3.94. The zero-order valence-corrected chi connectivity index (χ0v) is 12.8. The number of piperidine rings is 1. The number of carbonyl (C=O) groups excluding carboxylic acids is 1. The molecule has 1 aromatic carbocycles. The van der Waals surface area contributed by atoms with Crippen molar-refractivity contribution >= 4 is 17.4 Å². The van der Waals surface area contributed by atoms with Crippen LogP contribution in [-0.4, -0.2) is 12.3 Å². The third-order valence-corrected chi connectivity index (χ3v) is 3.93. The van der Waals surface area contributed by atoms with Crippen LogP contribution in [0.2, 0.25) is 5.02 Å². The van der Waals surface area contributed by atoms with Crippen LogP contribution in [0.15, 0.2) is 36.1 Å². The van der Waals surface area contributed by atoms with Gasteiger partial charge in [-0.25, -0.2) is 4.39 Å². The van der Waals surface area contributed by atoms with E-state index in [2.05, 4.69) is 11.9 Å². The van der Waals surface area contributed by atoms with E-state index >= 15 is 0 Å². The summed E-state index contributed by atoms with van der Waals surface area (Å²) in [5.74, 6) is -1.32. The fourth-order valence-corrected chi connectivity index (χ4v) is 2.67. The summed E-state index contributed by atoms with van der Waals surface area (Å²) in [5.41, 5.74) is 1.06. The van der Waals surface area contributed by atoms with Gasteiger partial charge in [0.1, 0.15) is 17.5 Å². The number of Topliss-reactive ketones (excluding diaryl/α,β-unsaturated/α-hetero) is 1. The molecular weight excluding hydrogens is 303 g/mol. The predicted molar refractivity (Wildman–Crippen MR) is 84.1 cm³/mol. The Hall–Kier alpha value is -2.12. The number of nitrogens with one attached hydrogen (secondary N) is 1. The van der Waals surface area contributed by atoms with Gasteiger partial charge in [-0.15, -0.1) is 6.58 Å². The molecule has 0 aliphatic carbocycles. The van der Waals surface area contributed by atoms with Gasteiger partial charge in [0.15, 0.2) is 0 Å². The van der Waals surface area contributed by atoms with Crippen molar-refractivity contribution in [3.8, 4) is 6.07 Å². The molecule has 0 aromatic heterocycles. The number of carbonyl (C=O) groups is 1. The first kappa shape index (κ1) is 16.3. The Morgan fingerprint density at radius 1 is 1.50 bits per heavy atom. The molecular formula is C17H16ClFN2O. The number of ketones is 1. The Morgan fingerprint density at radius 2 is 2.27 bits per heavy atom. The van der Waals surface area contributed by atoms with E-state index in [9.17, 15) is 14.4 Å². The highest BCUT2D eigenvalue weighted by molar-refractivity contribution is 6.31. The average molecular weight is 319 g/mol. The Balaban J connectivity index is 2.45. The van der Waals surface area contributed by atoms with Crippen molar-refractivity contribution < 1.29 is 9.18 Å². The number of nitrogens with zero attached hydrogens (tertiary/aromatic N) is 1. The number of benzene rings is 1. The fourth-order valence-electron chi connectivity index (χ4n) is 2.44. The van der Waals surface area contributed by atoms with Crippen LogP contribution in [0.4, 0.5) is 4.39 Å². The minimum atomic E-state index is -0.716. The number of hydrogen-bond donors (Lipinski definition) is 1. The van der Waals surface area contributed by atoms with Crippen LogP contribution in [0.5, 0.6) is 0 Å². The lowest BCUT2D eigenvalue weighted by molar-refractivity contribution is 0.103. The molecule has 1 fully saturated rings. The molecule has 1 aliphatic heterocycles. The lowest BCUT2D eigenvalue weighted by Crippen LogP contribution is -2.23. The van der Waals surface area contributed by atoms with Crippen molar-refractivity contribution in [2.75, 3.05) is 6.54 Å². The van der Waals surface area contributed by atoms with E-state index in [1.165, 1.54) is 6.07 Å². The van der Waals surface area contributed by atoms with E-state index in [0.29, 0.717) is 24.1 Å². The minimum Gasteiger partial charge on any atom is -0.387 e. The maximum absolute atomic E-state index is 14.1. The first-order valence-corrected chi connectivity index (χ1v) is 7.47. The summed E-state index contributed by atoms with van der Waals surface area (Å²) in [7, 11) is 0. The number of nitriles is 1. The van der Waals surface area contributed by atoms with Crippen LogP contribution in [0, 0.1) is 17.1 Å². The highest BCUT2D eigenvalue weighted by atomic mass is 35.5. The van der Waals surface area contributed by atoms with Gasteiger partial charge in [-0.05, 0) is 43.4 Å². The summed E-state index contributed by atoms with van der Waals surface area (Å²) >= 11 is 5.96. The topological polar surface area (TPSA) is 52.9 Å². The van der Waals surface area contributed by atoms with Crippen molar-refractivity contribution in [2.45, 2.75) is 25.7 Å². The van der Waals surface area contributed by atoms with E-state index in [0.717, 1.165) is 25.5 Å². The lowest BCUT2D eigenvalue weighted by Gasteiger charge is -2.18. The number of hydrogen-bond acceptors (Lipinski definition) is 3. The Morgan fingerprint density at radius 3 is 2.86 bits per heavy atom. The third kappa shape index (κ3) is 3.37. The standard InChI is InChI=1S/C17H16ClFN2O/c1-2-5-11-8-12(15(19)9-14(11)18)17(22)13(10-20)16-6-3-4-7-21-16/h2,8-9,21H,1,3-7H2. The molecule has 0 atom stereocenters. The molecule has 5 heteroatoms. The molecule has 0 bridgehead atoms. The molecule has 1 N–H and O–H groups in total. The van der Waals surface area contributed by atoms with Gasteiger partial charge >= 0.3 is 0 Å². The van der Waals surface area contributed by atoms with E-state index in [1.54, 1.807) is 6.08 Å². The second kappa shape index (κ2) is 7.24. The summed E-state index contributed by atoms with van der Waals surface area (Å²) in [6.45, 7) is 4.33. The zero-order chi connectivity index (χ0) is 16.1. The van der Waals surface area contributed by atoms with E-state index in [-0.39, 0.29) is 16.2 Å². The summed E-state index contributed by atoms with van der Waals surface area (Å²) in [6.07, 6.45) is 4.58. The second-order valence-electron chi connectivity index (χ2n) is 5.09.